The minimum atomic E-state index is -0.186. The van der Waals surface area contributed by atoms with Crippen molar-refractivity contribution in [1.82, 2.24) is 4.98 Å². The second-order valence-electron chi connectivity index (χ2n) is 3.91. The van der Waals surface area contributed by atoms with Crippen LogP contribution in [0.3, 0.4) is 0 Å². The number of hydrogen-bond acceptors (Lipinski definition) is 5. The maximum Gasteiger partial charge on any atom is 0.234 e. The van der Waals surface area contributed by atoms with Crippen LogP contribution in [0, 0.1) is 11.3 Å². The first-order chi connectivity index (χ1) is 9.70. The molecule has 6 heteroatoms. The Labute approximate surface area is 120 Å². The number of nitrogens with zero attached hydrogens (tertiary/aromatic N) is 2. The van der Waals surface area contributed by atoms with E-state index in [1.54, 1.807) is 42.7 Å². The molecule has 3 N–H and O–H groups in total. The van der Waals surface area contributed by atoms with Gasteiger partial charge in [0.05, 0.1) is 28.9 Å². The zero-order chi connectivity index (χ0) is 14.4. The Balaban J connectivity index is 1.97. The predicted molar refractivity (Wildman–Crippen MR) is 79.2 cm³/mol. The number of amides is 1. The highest BCUT2D eigenvalue weighted by Crippen LogP contribution is 2.23. The first kappa shape index (κ1) is 13.9. The van der Waals surface area contributed by atoms with Crippen LogP contribution in [0.2, 0.25) is 0 Å². The molecule has 0 fully saturated rings. The zero-order valence-corrected chi connectivity index (χ0v) is 11.4. The molecule has 5 nitrogen and oxygen atoms in total. The number of para-hydroxylation sites is 1. The molecule has 0 aliphatic heterocycles. The molecule has 1 aromatic carbocycles. The van der Waals surface area contributed by atoms with Crippen LogP contribution >= 0.6 is 11.8 Å². The fourth-order valence-electron chi connectivity index (χ4n) is 1.54. The molecule has 0 spiro atoms. The van der Waals surface area contributed by atoms with E-state index in [2.05, 4.69) is 10.3 Å². The van der Waals surface area contributed by atoms with Gasteiger partial charge in [-0.15, -0.1) is 11.8 Å². The van der Waals surface area contributed by atoms with Gasteiger partial charge in [-0.2, -0.15) is 5.26 Å². The van der Waals surface area contributed by atoms with Crippen LogP contribution in [0.4, 0.5) is 11.4 Å². The summed E-state index contributed by atoms with van der Waals surface area (Å²) >= 11 is 1.33. The Hall–Kier alpha value is -2.52. The topological polar surface area (TPSA) is 91.8 Å². The van der Waals surface area contributed by atoms with E-state index >= 15 is 0 Å². The van der Waals surface area contributed by atoms with E-state index in [4.69, 9.17) is 11.0 Å². The summed E-state index contributed by atoms with van der Waals surface area (Å²) in [6.45, 7) is 0. The molecule has 2 aromatic rings. The average molecular weight is 284 g/mol. The van der Waals surface area contributed by atoms with Crippen molar-refractivity contribution in [1.29, 1.82) is 5.26 Å². The van der Waals surface area contributed by atoms with Crippen LogP contribution in [0.15, 0.2) is 47.6 Å². The van der Waals surface area contributed by atoms with Gasteiger partial charge in [0, 0.05) is 11.1 Å². The van der Waals surface area contributed by atoms with Crippen LogP contribution in [0.25, 0.3) is 0 Å². The van der Waals surface area contributed by atoms with Crippen molar-refractivity contribution in [3.05, 3.63) is 48.3 Å². The molecule has 100 valence electrons. The number of hydrogen-bond donors (Lipinski definition) is 2. The summed E-state index contributed by atoms with van der Waals surface area (Å²) in [5.74, 6) is 0.0301. The lowest BCUT2D eigenvalue weighted by atomic mass is 10.2. The zero-order valence-electron chi connectivity index (χ0n) is 10.5. The van der Waals surface area contributed by atoms with Crippen LogP contribution in [0.1, 0.15) is 5.56 Å². The van der Waals surface area contributed by atoms with Crippen molar-refractivity contribution in [2.45, 2.75) is 4.90 Å². The van der Waals surface area contributed by atoms with Crippen LogP contribution < -0.4 is 11.1 Å². The fraction of sp³-hybridized carbons (Fsp3) is 0.0714. The number of nitrogens with two attached hydrogens (primary N) is 1. The molecule has 1 amide bonds. The normalized spacial score (nSPS) is 9.75. The average Bonchev–Trinajstić information content (AvgIpc) is 2.47. The van der Waals surface area contributed by atoms with E-state index < -0.39 is 0 Å². The number of carbonyl (C=O) groups excluding carboxylic acids is 1. The number of anilines is 2. The van der Waals surface area contributed by atoms with E-state index in [1.165, 1.54) is 11.8 Å². The lowest BCUT2D eigenvalue weighted by Crippen LogP contribution is -2.15. The van der Waals surface area contributed by atoms with Gasteiger partial charge >= 0.3 is 0 Å². The van der Waals surface area contributed by atoms with Gasteiger partial charge in [0.15, 0.2) is 0 Å². The third-order valence-corrected chi connectivity index (χ3v) is 3.58. The minimum Gasteiger partial charge on any atom is -0.397 e. The molecular formula is C14H12N4OS. The highest BCUT2D eigenvalue weighted by Gasteiger charge is 2.08. The van der Waals surface area contributed by atoms with E-state index in [0.717, 1.165) is 4.90 Å². The minimum absolute atomic E-state index is 0.186. The molecular weight excluding hydrogens is 272 g/mol. The SMILES string of the molecule is N#Cc1ccccc1NC(=O)CSc1ccncc1N. The molecule has 20 heavy (non-hydrogen) atoms. The summed E-state index contributed by atoms with van der Waals surface area (Å²) in [6.07, 6.45) is 3.17. The highest BCUT2D eigenvalue weighted by atomic mass is 32.2. The van der Waals surface area contributed by atoms with Crippen molar-refractivity contribution in [3.63, 3.8) is 0 Å². The van der Waals surface area contributed by atoms with E-state index in [0.29, 0.717) is 16.9 Å². The summed E-state index contributed by atoms with van der Waals surface area (Å²) in [6, 6.07) is 10.7. The Morgan fingerprint density at radius 3 is 2.95 bits per heavy atom. The van der Waals surface area contributed by atoms with Gasteiger partial charge in [0.25, 0.3) is 0 Å². The van der Waals surface area contributed by atoms with Crippen molar-refractivity contribution >= 4 is 29.0 Å². The fourth-order valence-corrected chi connectivity index (χ4v) is 2.28. The van der Waals surface area contributed by atoms with Gasteiger partial charge in [0.1, 0.15) is 6.07 Å². The first-order valence-electron chi connectivity index (χ1n) is 5.82. The summed E-state index contributed by atoms with van der Waals surface area (Å²) in [5, 5.41) is 11.7. The number of thioether (sulfide) groups is 1. The summed E-state index contributed by atoms with van der Waals surface area (Å²) < 4.78 is 0. The van der Waals surface area contributed by atoms with Crippen molar-refractivity contribution in [3.8, 4) is 6.07 Å². The second-order valence-corrected chi connectivity index (χ2v) is 4.92. The number of nitrogens with one attached hydrogen (secondary N) is 1. The molecule has 2 rings (SSSR count). The Morgan fingerprint density at radius 2 is 2.20 bits per heavy atom. The number of aromatic nitrogens is 1. The smallest absolute Gasteiger partial charge is 0.234 e. The number of benzene rings is 1. The molecule has 1 heterocycles. The van der Waals surface area contributed by atoms with Crippen molar-refractivity contribution in [2.75, 3.05) is 16.8 Å². The van der Waals surface area contributed by atoms with Crippen LogP contribution in [-0.4, -0.2) is 16.6 Å². The summed E-state index contributed by atoms with van der Waals surface area (Å²) in [7, 11) is 0. The van der Waals surface area contributed by atoms with E-state index in [1.807, 2.05) is 6.07 Å². The van der Waals surface area contributed by atoms with Crippen molar-refractivity contribution < 1.29 is 4.79 Å². The Morgan fingerprint density at radius 1 is 1.40 bits per heavy atom. The molecule has 0 unspecified atom stereocenters. The van der Waals surface area contributed by atoms with Gasteiger partial charge in [-0.25, -0.2) is 0 Å². The Bertz CT molecular complexity index is 666. The summed E-state index contributed by atoms with van der Waals surface area (Å²) in [4.78, 5) is 16.6. The Kier molecular flexibility index (Phi) is 4.58. The van der Waals surface area contributed by atoms with Crippen molar-refractivity contribution in [2.24, 2.45) is 0 Å². The maximum absolute atomic E-state index is 11.9. The molecule has 0 bridgehead atoms. The van der Waals surface area contributed by atoms with E-state index in [9.17, 15) is 4.79 Å². The lowest BCUT2D eigenvalue weighted by Gasteiger charge is -2.07. The lowest BCUT2D eigenvalue weighted by molar-refractivity contribution is -0.113. The van der Waals surface area contributed by atoms with Gasteiger partial charge in [-0.3, -0.25) is 9.78 Å². The molecule has 0 radical (unpaired) electrons. The second kappa shape index (κ2) is 6.59. The number of pyridine rings is 1. The molecule has 0 saturated carbocycles. The quantitative estimate of drug-likeness (QED) is 0.840. The molecule has 0 aliphatic rings. The van der Waals surface area contributed by atoms with Gasteiger partial charge < -0.3 is 11.1 Å². The van der Waals surface area contributed by atoms with Gasteiger partial charge in [-0.1, -0.05) is 12.1 Å². The van der Waals surface area contributed by atoms with Crippen LogP contribution in [-0.2, 0) is 4.79 Å². The first-order valence-corrected chi connectivity index (χ1v) is 6.80. The summed E-state index contributed by atoms with van der Waals surface area (Å²) in [5.41, 5.74) is 7.25. The standard InChI is InChI=1S/C14H12N4OS/c15-7-10-3-1-2-4-12(10)18-14(19)9-20-13-5-6-17-8-11(13)16/h1-6,8H,9,16H2,(H,18,19). The number of nitriles is 1. The number of carbonyl (C=O) groups is 1. The third-order valence-electron chi connectivity index (χ3n) is 2.49. The maximum atomic E-state index is 11.9. The largest absolute Gasteiger partial charge is 0.397 e. The molecule has 0 aliphatic carbocycles. The van der Waals surface area contributed by atoms with E-state index in [-0.39, 0.29) is 11.7 Å². The van der Waals surface area contributed by atoms with Crippen LogP contribution in [0.5, 0.6) is 0 Å². The predicted octanol–water partition coefficient (Wildman–Crippen LogP) is 2.27. The number of nitrogen functional groups attached to an aromatic ring is 1. The number of rotatable bonds is 4. The molecule has 0 saturated heterocycles. The molecule has 0 atom stereocenters. The third kappa shape index (κ3) is 3.49. The van der Waals surface area contributed by atoms with Gasteiger partial charge in [-0.05, 0) is 18.2 Å². The highest BCUT2D eigenvalue weighted by molar-refractivity contribution is 8.00. The monoisotopic (exact) mass is 284 g/mol. The van der Waals surface area contributed by atoms with Gasteiger partial charge in [0.2, 0.25) is 5.91 Å². The molecule has 1 aromatic heterocycles.